The molecule has 2 aliphatic rings. The molecule has 0 bridgehead atoms. The molecule has 1 amide bonds. The highest BCUT2D eigenvalue weighted by molar-refractivity contribution is 8.27. The van der Waals surface area contributed by atoms with Gasteiger partial charge in [-0.25, -0.2) is 4.79 Å². The normalized spacial score (nSPS) is 16.4. The number of fused-ring (bicyclic) bond motifs is 1. The molecule has 3 heterocycles. The van der Waals surface area contributed by atoms with Gasteiger partial charge >= 0.3 is 5.97 Å². The number of esters is 1. The topological polar surface area (TPSA) is 108 Å². The maximum Gasteiger partial charge on any atom is 0.337 e. The number of benzene rings is 2. The highest BCUT2D eigenvalue weighted by atomic mass is 32.2. The first-order valence-corrected chi connectivity index (χ1v) is 11.1. The van der Waals surface area contributed by atoms with Crippen LogP contribution in [0, 0.1) is 12.3 Å². The molecule has 0 atom stereocenters. The van der Waals surface area contributed by atoms with Crippen molar-refractivity contribution in [3.63, 3.8) is 0 Å². The fourth-order valence-corrected chi connectivity index (χ4v) is 4.51. The largest absolute Gasteiger partial charge is 0.465 e. The van der Waals surface area contributed by atoms with Crippen LogP contribution in [0.1, 0.15) is 27.2 Å². The second kappa shape index (κ2) is 8.60. The molecule has 0 unspecified atom stereocenters. The Bertz CT molecular complexity index is 1430. The number of amidine groups is 2. The maximum atomic E-state index is 12.7. The van der Waals surface area contributed by atoms with Crippen LogP contribution in [0.5, 0.6) is 0 Å². The van der Waals surface area contributed by atoms with E-state index in [1.807, 2.05) is 31.2 Å². The summed E-state index contributed by atoms with van der Waals surface area (Å²) in [5.41, 5.74) is 3.26. The van der Waals surface area contributed by atoms with Gasteiger partial charge in [0.1, 0.15) is 16.6 Å². The van der Waals surface area contributed by atoms with E-state index in [9.17, 15) is 9.59 Å². The van der Waals surface area contributed by atoms with Gasteiger partial charge in [-0.1, -0.05) is 36.4 Å². The fraction of sp³-hybridized carbons (Fsp3) is 0.0800. The molecule has 1 aromatic heterocycles. The third kappa shape index (κ3) is 3.86. The minimum Gasteiger partial charge on any atom is -0.465 e. The first-order chi connectivity index (χ1) is 16.4. The standard InChI is InChI=1S/C25H18N4O4S/c1-14-5-3-4-6-18(14)23-28-29-21(26)19(22(30)27-25(29)34-23)13-17-11-12-20(33-17)15-7-9-16(10-8-15)24(31)32-2/h3-13,26H,1-2H3. The van der Waals surface area contributed by atoms with Crippen LogP contribution in [0.4, 0.5) is 0 Å². The minimum atomic E-state index is -0.523. The third-order valence-electron chi connectivity index (χ3n) is 5.33. The van der Waals surface area contributed by atoms with Crippen LogP contribution in [-0.2, 0) is 9.53 Å². The van der Waals surface area contributed by atoms with Crippen molar-refractivity contribution in [2.24, 2.45) is 10.1 Å². The van der Waals surface area contributed by atoms with Crippen molar-refractivity contribution in [3.8, 4) is 11.3 Å². The van der Waals surface area contributed by atoms with Crippen LogP contribution < -0.4 is 0 Å². The quantitative estimate of drug-likeness (QED) is 0.437. The molecule has 0 saturated carbocycles. The zero-order chi connectivity index (χ0) is 23.8. The van der Waals surface area contributed by atoms with Gasteiger partial charge in [0.25, 0.3) is 5.91 Å². The van der Waals surface area contributed by atoms with Gasteiger partial charge in [0, 0.05) is 11.1 Å². The van der Waals surface area contributed by atoms with Crippen LogP contribution in [0.25, 0.3) is 17.4 Å². The van der Waals surface area contributed by atoms with Crippen molar-refractivity contribution < 1.29 is 18.7 Å². The summed E-state index contributed by atoms with van der Waals surface area (Å²) in [4.78, 5) is 28.4. The Labute approximate surface area is 199 Å². The van der Waals surface area contributed by atoms with Crippen molar-refractivity contribution >= 4 is 45.8 Å². The van der Waals surface area contributed by atoms with Gasteiger partial charge in [-0.05, 0) is 54.6 Å². The van der Waals surface area contributed by atoms with Crippen molar-refractivity contribution in [1.29, 1.82) is 5.41 Å². The number of carbonyl (C=O) groups is 2. The molecule has 5 rings (SSSR count). The smallest absolute Gasteiger partial charge is 0.337 e. The second-order valence-electron chi connectivity index (χ2n) is 7.51. The van der Waals surface area contributed by atoms with Crippen molar-refractivity contribution in [3.05, 3.63) is 88.7 Å². The number of ether oxygens (including phenoxy) is 1. The van der Waals surface area contributed by atoms with Crippen molar-refractivity contribution in [1.82, 2.24) is 5.01 Å². The monoisotopic (exact) mass is 470 g/mol. The van der Waals surface area contributed by atoms with E-state index in [0.29, 0.717) is 27.3 Å². The number of thioether (sulfide) groups is 1. The third-order valence-corrected chi connectivity index (χ3v) is 6.28. The first-order valence-electron chi connectivity index (χ1n) is 10.3. The van der Waals surface area contributed by atoms with Crippen LogP contribution >= 0.6 is 11.8 Å². The Morgan fingerprint density at radius 3 is 2.62 bits per heavy atom. The van der Waals surface area contributed by atoms with Gasteiger partial charge in [-0.3, -0.25) is 10.2 Å². The van der Waals surface area contributed by atoms with Gasteiger partial charge in [-0.15, -0.1) is 0 Å². The highest BCUT2D eigenvalue weighted by Gasteiger charge is 2.36. The molecule has 168 valence electrons. The lowest BCUT2D eigenvalue weighted by Crippen LogP contribution is -2.35. The lowest BCUT2D eigenvalue weighted by Gasteiger charge is -2.19. The molecular formula is C25H18N4O4S. The fourth-order valence-electron chi connectivity index (χ4n) is 3.53. The summed E-state index contributed by atoms with van der Waals surface area (Å²) >= 11 is 1.26. The molecule has 9 heteroatoms. The van der Waals surface area contributed by atoms with E-state index in [-0.39, 0.29) is 11.4 Å². The molecule has 3 aromatic rings. The highest BCUT2D eigenvalue weighted by Crippen LogP contribution is 2.32. The van der Waals surface area contributed by atoms with Crippen LogP contribution in [-0.4, -0.2) is 40.0 Å². The number of aliphatic imine (C=N–C) groups is 1. The van der Waals surface area contributed by atoms with Crippen LogP contribution in [0.3, 0.4) is 0 Å². The van der Waals surface area contributed by atoms with E-state index < -0.39 is 11.9 Å². The van der Waals surface area contributed by atoms with E-state index in [1.165, 1.54) is 30.0 Å². The SMILES string of the molecule is COC(=O)c1ccc(-c2ccc(C=C3C(=N)N4N=C(c5ccccc5C)SC4=NC3=O)o2)cc1. The molecule has 0 fully saturated rings. The molecular weight excluding hydrogens is 452 g/mol. The number of nitrogens with zero attached hydrogens (tertiary/aromatic N) is 3. The molecule has 0 saturated heterocycles. The number of rotatable bonds is 4. The van der Waals surface area contributed by atoms with Gasteiger partial charge in [0.15, 0.2) is 5.84 Å². The predicted molar refractivity (Wildman–Crippen MR) is 131 cm³/mol. The average molecular weight is 471 g/mol. The van der Waals surface area contributed by atoms with E-state index in [2.05, 4.69) is 10.1 Å². The van der Waals surface area contributed by atoms with Gasteiger partial charge in [0.05, 0.1) is 18.2 Å². The summed E-state index contributed by atoms with van der Waals surface area (Å²) in [5, 5.41) is 15.5. The summed E-state index contributed by atoms with van der Waals surface area (Å²) in [7, 11) is 1.33. The molecule has 34 heavy (non-hydrogen) atoms. The lowest BCUT2D eigenvalue weighted by atomic mass is 10.1. The number of methoxy groups -OCH3 is 1. The van der Waals surface area contributed by atoms with Gasteiger partial charge in [0.2, 0.25) is 5.17 Å². The predicted octanol–water partition coefficient (Wildman–Crippen LogP) is 4.71. The Morgan fingerprint density at radius 2 is 1.88 bits per heavy atom. The van der Waals surface area contributed by atoms with Crippen LogP contribution in [0.2, 0.25) is 0 Å². The molecule has 1 N–H and O–H groups in total. The summed E-state index contributed by atoms with van der Waals surface area (Å²) in [6, 6.07) is 18.0. The van der Waals surface area contributed by atoms with E-state index in [4.69, 9.17) is 14.6 Å². The molecule has 0 spiro atoms. The number of hydrazone groups is 1. The number of aryl methyl sites for hydroxylation is 1. The Hall–Kier alpha value is -4.24. The maximum absolute atomic E-state index is 12.7. The molecule has 2 aromatic carbocycles. The van der Waals surface area contributed by atoms with Crippen molar-refractivity contribution in [2.75, 3.05) is 7.11 Å². The number of nitrogens with one attached hydrogen (secondary N) is 1. The average Bonchev–Trinajstić information content (AvgIpc) is 3.49. The van der Waals surface area contributed by atoms with E-state index in [1.54, 1.807) is 36.4 Å². The summed E-state index contributed by atoms with van der Waals surface area (Å²) < 4.78 is 10.6. The summed E-state index contributed by atoms with van der Waals surface area (Å²) in [6.07, 6.45) is 1.49. The lowest BCUT2D eigenvalue weighted by molar-refractivity contribution is -0.114. The molecule has 0 radical (unpaired) electrons. The number of carbonyl (C=O) groups excluding carboxylic acids is 2. The number of hydrogen-bond donors (Lipinski definition) is 1. The Balaban J connectivity index is 1.41. The zero-order valence-electron chi connectivity index (χ0n) is 18.2. The van der Waals surface area contributed by atoms with Gasteiger partial charge < -0.3 is 9.15 Å². The molecule has 2 aliphatic heterocycles. The summed E-state index contributed by atoms with van der Waals surface area (Å²) in [6.45, 7) is 1.98. The van der Waals surface area contributed by atoms with Gasteiger partial charge in [-0.2, -0.15) is 15.1 Å². The number of amides is 1. The van der Waals surface area contributed by atoms with Crippen molar-refractivity contribution in [2.45, 2.75) is 6.92 Å². The van der Waals surface area contributed by atoms with E-state index in [0.717, 1.165) is 16.7 Å². The Kier molecular flexibility index (Phi) is 5.46. The minimum absolute atomic E-state index is 0.0635. The molecule has 8 nitrogen and oxygen atoms in total. The second-order valence-corrected chi connectivity index (χ2v) is 8.47. The van der Waals surface area contributed by atoms with Crippen LogP contribution in [0.15, 0.2) is 80.7 Å². The zero-order valence-corrected chi connectivity index (χ0v) is 19.1. The van der Waals surface area contributed by atoms with E-state index >= 15 is 0 Å². The molecule has 0 aliphatic carbocycles. The Morgan fingerprint density at radius 1 is 1.12 bits per heavy atom. The summed E-state index contributed by atoms with van der Waals surface area (Å²) in [5.74, 6) is -0.0524. The first kappa shape index (κ1) is 21.6. The number of hydrogen-bond acceptors (Lipinski definition) is 7. The number of furan rings is 1.